The van der Waals surface area contributed by atoms with Gasteiger partial charge in [-0.2, -0.15) is 9.82 Å². The summed E-state index contributed by atoms with van der Waals surface area (Å²) in [6.07, 6.45) is 0. The van der Waals surface area contributed by atoms with E-state index in [1.807, 2.05) is 6.07 Å². The normalized spacial score (nSPS) is 12.9. The fraction of sp³-hybridized carbons (Fsp3) is 0.111. The Bertz CT molecular complexity index is 1410. The molecule has 0 aliphatic heterocycles. The van der Waals surface area contributed by atoms with Gasteiger partial charge in [0.1, 0.15) is 11.9 Å². The van der Waals surface area contributed by atoms with Crippen LogP contribution in [0.4, 0.5) is 0 Å². The molecular formula is C18H16N6O4S. The second-order valence-corrected chi connectivity index (χ2v) is 8.07. The lowest BCUT2D eigenvalue weighted by Crippen LogP contribution is -2.31. The largest absolute Gasteiger partial charge is 0.316 e. The van der Waals surface area contributed by atoms with Gasteiger partial charge in [-0.3, -0.25) is 14.7 Å². The first-order valence-electron chi connectivity index (χ1n) is 8.56. The van der Waals surface area contributed by atoms with E-state index >= 15 is 0 Å². The quantitative estimate of drug-likeness (QED) is 0.354. The molecule has 2 aromatic carbocycles. The van der Waals surface area contributed by atoms with Crippen molar-refractivity contribution in [3.63, 3.8) is 0 Å². The van der Waals surface area contributed by atoms with Crippen LogP contribution in [0.2, 0.25) is 0 Å². The second-order valence-electron chi connectivity index (χ2n) is 6.36. The van der Waals surface area contributed by atoms with Gasteiger partial charge >= 0.3 is 11.1 Å². The van der Waals surface area contributed by atoms with Crippen LogP contribution in [0.25, 0.3) is 11.0 Å². The van der Waals surface area contributed by atoms with Crippen molar-refractivity contribution in [2.24, 2.45) is 0 Å². The number of hydrogen-bond donors (Lipinski definition) is 4. The average molecular weight is 412 g/mol. The molecule has 148 valence electrons. The Hall–Kier alpha value is -3.57. The number of aryl methyl sites for hydroxylation is 1. The molecule has 0 bridgehead atoms. The third-order valence-corrected chi connectivity index (χ3v) is 5.70. The summed E-state index contributed by atoms with van der Waals surface area (Å²) < 4.78 is 28.7. The third kappa shape index (κ3) is 3.73. The number of sulfonamides is 1. The predicted molar refractivity (Wildman–Crippen MR) is 105 cm³/mol. The fourth-order valence-corrected chi connectivity index (χ4v) is 4.10. The van der Waals surface area contributed by atoms with Crippen molar-refractivity contribution in [3.8, 4) is 0 Å². The Morgan fingerprint density at radius 3 is 2.31 bits per heavy atom. The minimum atomic E-state index is -4.02. The van der Waals surface area contributed by atoms with Crippen molar-refractivity contribution in [2.45, 2.75) is 17.9 Å². The summed E-state index contributed by atoms with van der Waals surface area (Å²) in [6.45, 7) is 1.72. The zero-order chi connectivity index (χ0) is 20.6. The molecule has 4 N–H and O–H groups in total. The van der Waals surface area contributed by atoms with Crippen molar-refractivity contribution in [1.82, 2.24) is 29.9 Å². The Balaban J connectivity index is 1.77. The number of fused-ring (bicyclic) bond motifs is 1. The highest BCUT2D eigenvalue weighted by Crippen LogP contribution is 2.23. The van der Waals surface area contributed by atoms with Gasteiger partial charge in [0, 0.05) is 0 Å². The van der Waals surface area contributed by atoms with Gasteiger partial charge in [-0.25, -0.2) is 13.4 Å². The van der Waals surface area contributed by atoms with Crippen LogP contribution in [-0.2, 0) is 10.0 Å². The van der Waals surface area contributed by atoms with Gasteiger partial charge in [-0.05, 0) is 30.7 Å². The molecule has 0 saturated heterocycles. The number of aromatic nitrogens is 5. The number of aromatic amines is 3. The molecule has 4 rings (SSSR count). The molecule has 0 spiro atoms. The molecule has 0 radical (unpaired) electrons. The molecule has 0 aliphatic carbocycles. The van der Waals surface area contributed by atoms with E-state index < -0.39 is 27.2 Å². The first-order valence-corrected chi connectivity index (χ1v) is 10.0. The monoisotopic (exact) mass is 412 g/mol. The summed E-state index contributed by atoms with van der Waals surface area (Å²) in [5, 5.41) is 6.80. The van der Waals surface area contributed by atoms with E-state index in [1.54, 1.807) is 31.2 Å². The van der Waals surface area contributed by atoms with Crippen LogP contribution in [0.3, 0.4) is 0 Å². The molecule has 1 unspecified atom stereocenters. The Morgan fingerprint density at radius 1 is 0.966 bits per heavy atom. The summed E-state index contributed by atoms with van der Waals surface area (Å²) in [5.41, 5.74) is -0.498. The van der Waals surface area contributed by atoms with Crippen LogP contribution in [0.5, 0.6) is 0 Å². The van der Waals surface area contributed by atoms with Crippen LogP contribution in [-0.4, -0.2) is 33.6 Å². The molecule has 4 aromatic rings. The minimum Gasteiger partial charge on any atom is -0.316 e. The van der Waals surface area contributed by atoms with E-state index in [9.17, 15) is 18.0 Å². The van der Waals surface area contributed by atoms with Gasteiger partial charge < -0.3 is 9.97 Å². The van der Waals surface area contributed by atoms with Gasteiger partial charge in [0.05, 0.1) is 15.9 Å². The van der Waals surface area contributed by atoms with Gasteiger partial charge in [0.25, 0.3) is 0 Å². The van der Waals surface area contributed by atoms with Crippen LogP contribution < -0.4 is 15.8 Å². The summed E-state index contributed by atoms with van der Waals surface area (Å²) in [7, 11) is -4.02. The lowest BCUT2D eigenvalue weighted by atomic mass is 10.1. The molecule has 29 heavy (non-hydrogen) atoms. The number of H-pyrrole nitrogens is 3. The molecule has 2 aromatic heterocycles. The second kappa shape index (κ2) is 7.11. The van der Waals surface area contributed by atoms with Crippen molar-refractivity contribution in [3.05, 3.63) is 86.5 Å². The smallest absolute Gasteiger partial charge is 0.314 e. The van der Waals surface area contributed by atoms with Crippen LogP contribution in [0.15, 0.2) is 63.0 Å². The SMILES string of the molecule is Cc1nc(C(NS(=O)(=O)c2ccc3[nH]c(=O)c(=O)[nH]c3c2)c2ccccc2)n[nH]1. The Kier molecular flexibility index (Phi) is 4.60. The fourth-order valence-electron chi connectivity index (χ4n) is 2.89. The Morgan fingerprint density at radius 2 is 1.66 bits per heavy atom. The van der Waals surface area contributed by atoms with E-state index in [4.69, 9.17) is 0 Å². The maximum Gasteiger partial charge on any atom is 0.314 e. The number of nitrogens with one attached hydrogen (secondary N) is 4. The van der Waals surface area contributed by atoms with E-state index in [2.05, 4.69) is 29.9 Å². The first-order chi connectivity index (χ1) is 13.8. The minimum absolute atomic E-state index is 0.0825. The summed E-state index contributed by atoms with van der Waals surface area (Å²) in [5.74, 6) is 0.822. The molecule has 0 saturated carbocycles. The number of rotatable bonds is 5. The van der Waals surface area contributed by atoms with Gasteiger partial charge in [0.15, 0.2) is 5.82 Å². The molecule has 1 atom stereocenters. The van der Waals surface area contributed by atoms with E-state index in [0.717, 1.165) is 0 Å². The summed E-state index contributed by atoms with van der Waals surface area (Å²) >= 11 is 0. The number of hydrogen-bond acceptors (Lipinski definition) is 6. The van der Waals surface area contributed by atoms with Gasteiger partial charge in [-0.15, -0.1) is 0 Å². The molecule has 0 aliphatic rings. The zero-order valence-electron chi connectivity index (χ0n) is 15.1. The highest BCUT2D eigenvalue weighted by molar-refractivity contribution is 7.89. The number of benzene rings is 2. The van der Waals surface area contributed by atoms with Crippen LogP contribution in [0, 0.1) is 6.92 Å². The van der Waals surface area contributed by atoms with Crippen LogP contribution >= 0.6 is 0 Å². The molecule has 2 heterocycles. The maximum absolute atomic E-state index is 13.1. The number of nitrogens with zero attached hydrogens (tertiary/aromatic N) is 2. The van der Waals surface area contributed by atoms with Crippen molar-refractivity contribution >= 4 is 21.1 Å². The van der Waals surface area contributed by atoms with Gasteiger partial charge in [-0.1, -0.05) is 30.3 Å². The highest BCUT2D eigenvalue weighted by Gasteiger charge is 2.26. The van der Waals surface area contributed by atoms with E-state index in [0.29, 0.717) is 16.9 Å². The van der Waals surface area contributed by atoms with E-state index in [-0.39, 0.29) is 16.2 Å². The van der Waals surface area contributed by atoms with Crippen LogP contribution in [0.1, 0.15) is 23.3 Å². The lowest BCUT2D eigenvalue weighted by Gasteiger charge is -2.16. The maximum atomic E-state index is 13.1. The lowest BCUT2D eigenvalue weighted by molar-refractivity contribution is 0.567. The molecular weight excluding hydrogens is 396 g/mol. The highest BCUT2D eigenvalue weighted by atomic mass is 32.2. The molecule has 0 fully saturated rings. The summed E-state index contributed by atoms with van der Waals surface area (Å²) in [6, 6.07) is 12.1. The third-order valence-electron chi connectivity index (χ3n) is 4.28. The molecule has 0 amide bonds. The van der Waals surface area contributed by atoms with Crippen molar-refractivity contribution in [1.29, 1.82) is 0 Å². The van der Waals surface area contributed by atoms with Crippen molar-refractivity contribution < 1.29 is 8.42 Å². The zero-order valence-corrected chi connectivity index (χ0v) is 15.9. The van der Waals surface area contributed by atoms with Crippen molar-refractivity contribution in [2.75, 3.05) is 0 Å². The molecule has 11 heteroatoms. The average Bonchev–Trinajstić information content (AvgIpc) is 3.13. The first kappa shape index (κ1) is 18.8. The topological polar surface area (TPSA) is 153 Å². The Labute approximate surface area is 164 Å². The summed E-state index contributed by atoms with van der Waals surface area (Å²) in [4.78, 5) is 31.9. The van der Waals surface area contributed by atoms with E-state index in [1.165, 1.54) is 18.2 Å². The molecule has 10 nitrogen and oxygen atoms in total. The predicted octanol–water partition coefficient (Wildman–Crippen LogP) is 0.711. The standard InChI is InChI=1S/C18H16N6O4S/c1-10-19-16(23-22-10)15(11-5-3-2-4-6-11)24-29(27,28)12-7-8-13-14(9-12)21-18(26)17(25)20-13/h2-9,15,24H,1H3,(H,20,25)(H,21,26)(H,19,22,23). The van der Waals surface area contributed by atoms with Gasteiger partial charge in [0.2, 0.25) is 10.0 Å².